The first-order chi connectivity index (χ1) is 13.7. The molecule has 0 fully saturated rings. The minimum atomic E-state index is -0.151. The van der Waals surface area contributed by atoms with Gasteiger partial charge in [-0.3, -0.25) is 4.79 Å². The lowest BCUT2D eigenvalue weighted by molar-refractivity contribution is 0.102. The first-order valence-corrected chi connectivity index (χ1v) is 9.06. The molecule has 0 heterocycles. The van der Waals surface area contributed by atoms with Crippen molar-refractivity contribution in [1.82, 2.24) is 5.32 Å². The van der Waals surface area contributed by atoms with Crippen molar-refractivity contribution in [3.8, 4) is 11.5 Å². The number of hydrogen-bond acceptors (Lipinski definition) is 4. The van der Waals surface area contributed by atoms with Crippen LogP contribution in [0.4, 0.5) is 5.69 Å². The van der Waals surface area contributed by atoms with Crippen molar-refractivity contribution in [1.29, 1.82) is 0 Å². The summed E-state index contributed by atoms with van der Waals surface area (Å²) in [6.07, 6.45) is 0. The number of methoxy groups -OCH3 is 2. The number of hydrogen-bond donors (Lipinski definition) is 2. The second-order valence-electron chi connectivity index (χ2n) is 6.30. The van der Waals surface area contributed by atoms with Crippen LogP contribution >= 0.6 is 0 Å². The Morgan fingerprint density at radius 1 is 0.857 bits per heavy atom. The van der Waals surface area contributed by atoms with Crippen LogP contribution in [0.3, 0.4) is 0 Å². The zero-order chi connectivity index (χ0) is 19.8. The highest BCUT2D eigenvalue weighted by atomic mass is 16.5. The summed E-state index contributed by atoms with van der Waals surface area (Å²) in [4.78, 5) is 12.4. The van der Waals surface area contributed by atoms with E-state index in [0.717, 1.165) is 28.3 Å². The lowest BCUT2D eigenvalue weighted by atomic mass is 10.1. The van der Waals surface area contributed by atoms with Crippen LogP contribution in [0, 0.1) is 0 Å². The fourth-order valence-electron chi connectivity index (χ4n) is 2.90. The first kappa shape index (κ1) is 19.5. The van der Waals surface area contributed by atoms with Gasteiger partial charge < -0.3 is 20.1 Å². The number of amides is 1. The number of anilines is 1. The predicted molar refractivity (Wildman–Crippen MR) is 111 cm³/mol. The highest BCUT2D eigenvalue weighted by Crippen LogP contribution is 2.18. The quantitative estimate of drug-likeness (QED) is 0.617. The van der Waals surface area contributed by atoms with Crippen LogP contribution in [0.1, 0.15) is 21.5 Å². The van der Waals surface area contributed by atoms with Crippen LogP contribution in [0.25, 0.3) is 0 Å². The fourth-order valence-corrected chi connectivity index (χ4v) is 2.90. The molecule has 1 amide bonds. The van der Waals surface area contributed by atoms with E-state index < -0.39 is 0 Å². The molecule has 0 saturated heterocycles. The molecular formula is C23H24N2O3. The van der Waals surface area contributed by atoms with Gasteiger partial charge in [0.05, 0.1) is 14.2 Å². The van der Waals surface area contributed by atoms with E-state index in [1.54, 1.807) is 38.5 Å². The number of benzene rings is 3. The van der Waals surface area contributed by atoms with Crippen LogP contribution in [0.5, 0.6) is 11.5 Å². The summed E-state index contributed by atoms with van der Waals surface area (Å²) in [6, 6.07) is 22.8. The summed E-state index contributed by atoms with van der Waals surface area (Å²) in [5, 5.41) is 6.35. The summed E-state index contributed by atoms with van der Waals surface area (Å²) in [7, 11) is 3.27. The average molecular weight is 376 g/mol. The molecule has 3 rings (SSSR count). The molecule has 0 atom stereocenters. The molecule has 28 heavy (non-hydrogen) atoms. The third-order valence-electron chi connectivity index (χ3n) is 4.37. The molecule has 0 aromatic heterocycles. The first-order valence-electron chi connectivity index (χ1n) is 9.06. The van der Waals surface area contributed by atoms with E-state index in [4.69, 9.17) is 9.47 Å². The molecule has 144 valence electrons. The van der Waals surface area contributed by atoms with E-state index in [1.165, 1.54) is 0 Å². The Balaban J connectivity index is 1.58. The number of ether oxygens (including phenoxy) is 2. The predicted octanol–water partition coefficient (Wildman–Crippen LogP) is 4.25. The van der Waals surface area contributed by atoms with Gasteiger partial charge in [-0.15, -0.1) is 0 Å². The van der Waals surface area contributed by atoms with Gasteiger partial charge in [0, 0.05) is 29.9 Å². The number of nitrogens with one attached hydrogen (secondary N) is 2. The van der Waals surface area contributed by atoms with Gasteiger partial charge in [0.25, 0.3) is 5.91 Å². The molecule has 3 aromatic rings. The number of para-hydroxylation sites is 1. The van der Waals surface area contributed by atoms with Crippen LogP contribution in [-0.4, -0.2) is 20.1 Å². The second kappa shape index (κ2) is 9.58. The molecule has 0 aliphatic heterocycles. The number of carbonyl (C=O) groups excluding carboxylic acids is 1. The van der Waals surface area contributed by atoms with Gasteiger partial charge in [-0.05, 0) is 48.0 Å². The Kier molecular flexibility index (Phi) is 6.65. The Labute approximate surface area is 165 Å². The van der Waals surface area contributed by atoms with E-state index in [2.05, 4.69) is 10.6 Å². The van der Waals surface area contributed by atoms with Gasteiger partial charge in [-0.25, -0.2) is 0 Å². The SMILES string of the molecule is COc1ccc(C(=O)Nc2cccc(CNCc3ccccc3OC)c2)cc1. The smallest absolute Gasteiger partial charge is 0.255 e. The van der Waals surface area contributed by atoms with Gasteiger partial charge in [-0.2, -0.15) is 0 Å². The van der Waals surface area contributed by atoms with E-state index in [-0.39, 0.29) is 5.91 Å². The van der Waals surface area contributed by atoms with Crippen molar-refractivity contribution in [2.45, 2.75) is 13.1 Å². The average Bonchev–Trinajstić information content (AvgIpc) is 2.74. The molecule has 2 N–H and O–H groups in total. The molecule has 3 aromatic carbocycles. The third kappa shape index (κ3) is 5.11. The van der Waals surface area contributed by atoms with Gasteiger partial charge in [0.1, 0.15) is 11.5 Å². The molecule has 0 aliphatic carbocycles. The molecule has 0 saturated carbocycles. The Hall–Kier alpha value is -3.31. The minimum absolute atomic E-state index is 0.151. The van der Waals surface area contributed by atoms with Crippen LogP contribution < -0.4 is 20.1 Å². The molecule has 0 spiro atoms. The number of carbonyl (C=O) groups is 1. The molecule has 0 radical (unpaired) electrons. The van der Waals surface area contributed by atoms with Gasteiger partial charge in [0.15, 0.2) is 0 Å². The highest BCUT2D eigenvalue weighted by Gasteiger charge is 2.07. The molecule has 5 heteroatoms. The van der Waals surface area contributed by atoms with Crippen molar-refractivity contribution in [3.63, 3.8) is 0 Å². The normalized spacial score (nSPS) is 10.4. The van der Waals surface area contributed by atoms with Crippen LogP contribution in [0.2, 0.25) is 0 Å². The Morgan fingerprint density at radius 3 is 2.39 bits per heavy atom. The largest absolute Gasteiger partial charge is 0.497 e. The summed E-state index contributed by atoms with van der Waals surface area (Å²) in [5.74, 6) is 1.44. The van der Waals surface area contributed by atoms with E-state index in [0.29, 0.717) is 18.7 Å². The molecule has 0 aliphatic rings. The van der Waals surface area contributed by atoms with Crippen LogP contribution in [0.15, 0.2) is 72.8 Å². The molecule has 0 unspecified atom stereocenters. The maximum Gasteiger partial charge on any atom is 0.255 e. The lowest BCUT2D eigenvalue weighted by Gasteiger charge is -2.11. The second-order valence-corrected chi connectivity index (χ2v) is 6.30. The molecule has 0 bridgehead atoms. The lowest BCUT2D eigenvalue weighted by Crippen LogP contribution is -2.14. The van der Waals surface area contributed by atoms with E-state index >= 15 is 0 Å². The summed E-state index contributed by atoms with van der Waals surface area (Å²) < 4.78 is 10.5. The minimum Gasteiger partial charge on any atom is -0.497 e. The standard InChI is InChI=1S/C23H24N2O3/c1-27-21-12-10-18(11-13-21)23(26)25-20-8-5-6-17(14-20)15-24-16-19-7-3-4-9-22(19)28-2/h3-14,24H,15-16H2,1-2H3,(H,25,26). The van der Waals surface area contributed by atoms with Gasteiger partial charge in [-0.1, -0.05) is 30.3 Å². The third-order valence-corrected chi connectivity index (χ3v) is 4.37. The highest BCUT2D eigenvalue weighted by molar-refractivity contribution is 6.04. The molecular weight excluding hydrogens is 352 g/mol. The van der Waals surface area contributed by atoms with Crippen molar-refractivity contribution in [3.05, 3.63) is 89.5 Å². The number of rotatable bonds is 8. The van der Waals surface area contributed by atoms with Gasteiger partial charge in [0.2, 0.25) is 0 Å². The Morgan fingerprint density at radius 2 is 1.64 bits per heavy atom. The Bertz CT molecular complexity index is 923. The van der Waals surface area contributed by atoms with E-state index in [9.17, 15) is 4.79 Å². The zero-order valence-corrected chi connectivity index (χ0v) is 16.1. The topological polar surface area (TPSA) is 59.6 Å². The van der Waals surface area contributed by atoms with E-state index in [1.807, 2.05) is 48.5 Å². The zero-order valence-electron chi connectivity index (χ0n) is 16.1. The van der Waals surface area contributed by atoms with Crippen LogP contribution in [-0.2, 0) is 13.1 Å². The van der Waals surface area contributed by atoms with Crippen molar-refractivity contribution in [2.24, 2.45) is 0 Å². The van der Waals surface area contributed by atoms with Crippen molar-refractivity contribution in [2.75, 3.05) is 19.5 Å². The summed E-state index contributed by atoms with van der Waals surface area (Å²) in [5.41, 5.74) is 3.54. The maximum absolute atomic E-state index is 12.4. The van der Waals surface area contributed by atoms with Crippen molar-refractivity contribution >= 4 is 11.6 Å². The van der Waals surface area contributed by atoms with Gasteiger partial charge >= 0.3 is 0 Å². The van der Waals surface area contributed by atoms with Crippen molar-refractivity contribution < 1.29 is 14.3 Å². The monoisotopic (exact) mass is 376 g/mol. The molecule has 5 nitrogen and oxygen atoms in total. The summed E-state index contributed by atoms with van der Waals surface area (Å²) in [6.45, 7) is 1.39. The summed E-state index contributed by atoms with van der Waals surface area (Å²) >= 11 is 0. The maximum atomic E-state index is 12.4. The fraction of sp³-hybridized carbons (Fsp3) is 0.174.